The van der Waals surface area contributed by atoms with Crippen LogP contribution in [0.15, 0.2) is 69.6 Å². The molecule has 1 saturated heterocycles. The van der Waals surface area contributed by atoms with Crippen molar-refractivity contribution in [1.29, 1.82) is 0 Å². The van der Waals surface area contributed by atoms with Crippen LogP contribution >= 0.6 is 23.1 Å². The first kappa shape index (κ1) is 20.2. The number of likely N-dealkylation sites (tertiary alicyclic amines) is 1. The lowest BCUT2D eigenvalue weighted by Crippen LogP contribution is -2.35. The number of rotatable bonds is 6. The van der Waals surface area contributed by atoms with Gasteiger partial charge in [-0.1, -0.05) is 17.8 Å². The molecule has 4 aromatic rings. The number of thiazole rings is 1. The number of fused-ring (bicyclic) bond motifs is 1. The molecule has 6 nitrogen and oxygen atoms in total. The van der Waals surface area contributed by atoms with Crippen LogP contribution in [0.3, 0.4) is 0 Å². The number of piperidine rings is 1. The average molecular weight is 450 g/mol. The van der Waals surface area contributed by atoms with Gasteiger partial charge in [0.25, 0.3) is 0 Å². The number of benzene rings is 2. The third kappa shape index (κ3) is 4.81. The summed E-state index contributed by atoms with van der Waals surface area (Å²) in [4.78, 5) is 16.8. The number of hydrogen-bond acceptors (Lipinski definition) is 8. The largest absolute Gasteiger partial charge is 0.489 e. The maximum Gasteiger partial charge on any atom is 0.154 e. The fourth-order valence-electron chi connectivity index (χ4n) is 3.66. The van der Waals surface area contributed by atoms with E-state index in [1.54, 1.807) is 29.4 Å². The smallest absolute Gasteiger partial charge is 0.154 e. The van der Waals surface area contributed by atoms with Crippen molar-refractivity contribution in [3.8, 4) is 5.75 Å². The van der Waals surface area contributed by atoms with Crippen LogP contribution in [-0.2, 0) is 0 Å². The van der Waals surface area contributed by atoms with Crippen molar-refractivity contribution in [2.75, 3.05) is 25.5 Å². The van der Waals surface area contributed by atoms with E-state index in [1.807, 2.05) is 29.8 Å². The summed E-state index contributed by atoms with van der Waals surface area (Å²) in [5.74, 6) is 1.60. The normalized spacial score (nSPS) is 15.3. The predicted molar refractivity (Wildman–Crippen MR) is 127 cm³/mol. The first-order valence-corrected chi connectivity index (χ1v) is 12.0. The zero-order chi connectivity index (χ0) is 21.0. The van der Waals surface area contributed by atoms with E-state index < -0.39 is 0 Å². The molecule has 0 aliphatic carbocycles. The number of anilines is 2. The minimum absolute atomic E-state index is 0.219. The van der Waals surface area contributed by atoms with Gasteiger partial charge in [0.15, 0.2) is 4.34 Å². The maximum atomic E-state index is 6.42. The van der Waals surface area contributed by atoms with Crippen molar-refractivity contribution in [3.63, 3.8) is 0 Å². The second-order valence-electron chi connectivity index (χ2n) is 7.54. The summed E-state index contributed by atoms with van der Waals surface area (Å²) in [6.45, 7) is 2.12. The Hall–Kier alpha value is -2.68. The first-order valence-electron chi connectivity index (χ1n) is 10.3. The van der Waals surface area contributed by atoms with Crippen molar-refractivity contribution in [2.24, 2.45) is 0 Å². The Labute approximate surface area is 189 Å². The highest BCUT2D eigenvalue weighted by atomic mass is 32.2. The van der Waals surface area contributed by atoms with Gasteiger partial charge in [0.1, 0.15) is 24.0 Å². The molecule has 0 radical (unpaired) electrons. The summed E-state index contributed by atoms with van der Waals surface area (Å²) in [5.41, 5.74) is 1.84. The number of ether oxygens (including phenoxy) is 1. The molecule has 0 amide bonds. The molecule has 8 heteroatoms. The van der Waals surface area contributed by atoms with Crippen LogP contribution in [0.2, 0.25) is 0 Å². The van der Waals surface area contributed by atoms with E-state index in [9.17, 15) is 0 Å². The minimum Gasteiger partial charge on any atom is -0.489 e. The molecule has 2 aromatic carbocycles. The van der Waals surface area contributed by atoms with Gasteiger partial charge >= 0.3 is 0 Å². The van der Waals surface area contributed by atoms with E-state index in [0.29, 0.717) is 0 Å². The van der Waals surface area contributed by atoms with Crippen molar-refractivity contribution in [1.82, 2.24) is 19.9 Å². The van der Waals surface area contributed by atoms with Gasteiger partial charge in [-0.05, 0) is 56.3 Å². The van der Waals surface area contributed by atoms with E-state index in [2.05, 4.69) is 56.5 Å². The minimum atomic E-state index is 0.219. The molecular formula is C23H23N5OS2. The zero-order valence-corrected chi connectivity index (χ0v) is 18.8. The monoisotopic (exact) mass is 449 g/mol. The van der Waals surface area contributed by atoms with Gasteiger partial charge in [0.05, 0.1) is 10.9 Å². The molecule has 2 aromatic heterocycles. The van der Waals surface area contributed by atoms with E-state index in [4.69, 9.17) is 4.74 Å². The third-order valence-corrected chi connectivity index (χ3v) is 7.21. The Kier molecular flexibility index (Phi) is 6.01. The standard InChI is InChI=1S/C23H23N5OS2/c1-28-12-9-17(10-13-28)29-20-4-2-3-19-21(20)22(26-15-25-19)27-16-5-7-18(8-6-16)31-23-24-11-14-30-23/h2-8,11,14-15,17H,9-10,12-13H2,1H3,(H,25,26,27). The lowest BCUT2D eigenvalue weighted by Gasteiger charge is -2.29. The zero-order valence-electron chi connectivity index (χ0n) is 17.2. The Morgan fingerprint density at radius 2 is 1.90 bits per heavy atom. The summed E-state index contributed by atoms with van der Waals surface area (Å²) < 4.78 is 7.46. The van der Waals surface area contributed by atoms with Gasteiger partial charge < -0.3 is 15.0 Å². The molecule has 1 fully saturated rings. The van der Waals surface area contributed by atoms with Gasteiger partial charge in [-0.15, -0.1) is 11.3 Å². The van der Waals surface area contributed by atoms with Crippen LogP contribution in [0.25, 0.3) is 10.9 Å². The fraction of sp³-hybridized carbons (Fsp3) is 0.261. The second-order valence-corrected chi connectivity index (χ2v) is 9.76. The van der Waals surface area contributed by atoms with Gasteiger partial charge in [-0.25, -0.2) is 15.0 Å². The highest BCUT2D eigenvalue weighted by molar-refractivity contribution is 8.01. The topological polar surface area (TPSA) is 63.2 Å². The van der Waals surface area contributed by atoms with E-state index in [0.717, 1.165) is 63.3 Å². The molecule has 0 spiro atoms. The Bertz CT molecular complexity index is 1140. The molecule has 1 N–H and O–H groups in total. The fourth-order valence-corrected chi connectivity index (χ4v) is 5.25. The van der Waals surface area contributed by atoms with Crippen molar-refractivity contribution < 1.29 is 4.74 Å². The van der Waals surface area contributed by atoms with Crippen molar-refractivity contribution in [3.05, 3.63) is 60.4 Å². The highest BCUT2D eigenvalue weighted by Crippen LogP contribution is 2.34. The third-order valence-electron chi connectivity index (χ3n) is 5.32. The van der Waals surface area contributed by atoms with Crippen LogP contribution in [0.1, 0.15) is 12.8 Å². The molecule has 158 valence electrons. The maximum absolute atomic E-state index is 6.42. The molecule has 5 rings (SSSR count). The molecule has 31 heavy (non-hydrogen) atoms. The summed E-state index contributed by atoms with van der Waals surface area (Å²) >= 11 is 3.31. The lowest BCUT2D eigenvalue weighted by molar-refractivity contribution is 0.116. The van der Waals surface area contributed by atoms with Gasteiger partial charge in [-0.3, -0.25) is 0 Å². The quantitative estimate of drug-likeness (QED) is 0.420. The summed E-state index contributed by atoms with van der Waals surface area (Å²) in [7, 11) is 2.16. The number of hydrogen-bond donors (Lipinski definition) is 1. The van der Waals surface area contributed by atoms with E-state index >= 15 is 0 Å². The molecule has 0 bridgehead atoms. The molecule has 3 heterocycles. The van der Waals surface area contributed by atoms with Crippen LogP contribution < -0.4 is 10.1 Å². The average Bonchev–Trinajstić information content (AvgIpc) is 3.30. The van der Waals surface area contributed by atoms with Gasteiger partial charge in [0, 0.05) is 35.2 Å². The lowest BCUT2D eigenvalue weighted by atomic mass is 10.1. The number of nitrogens with one attached hydrogen (secondary N) is 1. The molecule has 0 unspecified atom stereocenters. The van der Waals surface area contributed by atoms with Gasteiger partial charge in [0.2, 0.25) is 0 Å². The highest BCUT2D eigenvalue weighted by Gasteiger charge is 2.20. The predicted octanol–water partition coefficient (Wildman–Crippen LogP) is 5.45. The van der Waals surface area contributed by atoms with Crippen molar-refractivity contribution in [2.45, 2.75) is 28.2 Å². The van der Waals surface area contributed by atoms with Crippen LogP contribution in [0.5, 0.6) is 5.75 Å². The van der Waals surface area contributed by atoms with Crippen LogP contribution in [0.4, 0.5) is 11.5 Å². The van der Waals surface area contributed by atoms with Crippen LogP contribution in [0, 0.1) is 0 Å². The Morgan fingerprint density at radius 1 is 1.06 bits per heavy atom. The molecule has 0 atom stereocenters. The van der Waals surface area contributed by atoms with Gasteiger partial charge in [-0.2, -0.15) is 0 Å². The van der Waals surface area contributed by atoms with Crippen LogP contribution in [-0.4, -0.2) is 46.1 Å². The van der Waals surface area contributed by atoms with E-state index in [-0.39, 0.29) is 6.10 Å². The summed E-state index contributed by atoms with van der Waals surface area (Å²) in [6.07, 6.45) is 5.70. The Balaban J connectivity index is 1.38. The second kappa shape index (κ2) is 9.21. The first-order chi connectivity index (χ1) is 15.2. The molecular weight excluding hydrogens is 426 g/mol. The number of nitrogens with zero attached hydrogens (tertiary/aromatic N) is 4. The van der Waals surface area contributed by atoms with Crippen molar-refractivity contribution >= 4 is 45.5 Å². The SMILES string of the molecule is CN1CCC(Oc2cccc3ncnc(Nc4ccc(Sc5nccs5)cc4)c23)CC1. The van der Waals surface area contributed by atoms with E-state index in [1.165, 1.54) is 0 Å². The Morgan fingerprint density at radius 3 is 2.68 bits per heavy atom. The summed E-state index contributed by atoms with van der Waals surface area (Å²) in [6, 6.07) is 14.3. The molecule has 1 aliphatic rings. The number of aromatic nitrogens is 3. The molecule has 1 aliphatic heterocycles. The summed E-state index contributed by atoms with van der Waals surface area (Å²) in [5, 5.41) is 6.37. The molecule has 0 saturated carbocycles.